The average molecular weight is 325 g/mol. The van der Waals surface area contributed by atoms with E-state index in [0.29, 0.717) is 13.0 Å². The van der Waals surface area contributed by atoms with Crippen LogP contribution in [0.2, 0.25) is 0 Å². The van der Waals surface area contributed by atoms with Gasteiger partial charge in [0.1, 0.15) is 0 Å². The summed E-state index contributed by atoms with van der Waals surface area (Å²) >= 11 is 0. The maximum absolute atomic E-state index is 12.0. The highest BCUT2D eigenvalue weighted by molar-refractivity contribution is 5.89. The van der Waals surface area contributed by atoms with Gasteiger partial charge in [0.2, 0.25) is 0 Å². The van der Waals surface area contributed by atoms with E-state index in [1.54, 1.807) is 0 Å². The average Bonchev–Trinajstić information content (AvgIpc) is 3.02. The van der Waals surface area contributed by atoms with Crippen LogP contribution in [0.5, 0.6) is 0 Å². The van der Waals surface area contributed by atoms with Crippen LogP contribution in [0.25, 0.3) is 11.1 Å². The van der Waals surface area contributed by atoms with Gasteiger partial charge in [0.05, 0.1) is 5.60 Å². The predicted molar refractivity (Wildman–Crippen MR) is 96.1 cm³/mol. The van der Waals surface area contributed by atoms with Gasteiger partial charge in [-0.05, 0) is 43.1 Å². The van der Waals surface area contributed by atoms with Crippen LogP contribution in [-0.4, -0.2) is 36.4 Å². The summed E-state index contributed by atoms with van der Waals surface area (Å²) in [6, 6.07) is 15.7. The first kappa shape index (κ1) is 16.5. The Kier molecular flexibility index (Phi) is 4.83. The molecule has 5 heteroatoms. The summed E-state index contributed by atoms with van der Waals surface area (Å²) in [4.78, 5) is 12.0. The molecule has 0 aromatic heterocycles. The van der Waals surface area contributed by atoms with E-state index < -0.39 is 5.60 Å². The van der Waals surface area contributed by atoms with Gasteiger partial charge in [-0.2, -0.15) is 0 Å². The van der Waals surface area contributed by atoms with Crippen LogP contribution in [0.3, 0.4) is 0 Å². The summed E-state index contributed by atoms with van der Waals surface area (Å²) in [5, 5.41) is 18.8. The van der Waals surface area contributed by atoms with Crippen LogP contribution in [0.15, 0.2) is 48.5 Å². The lowest BCUT2D eigenvalue weighted by Gasteiger charge is -2.21. The van der Waals surface area contributed by atoms with Crippen molar-refractivity contribution in [3.63, 3.8) is 0 Å². The van der Waals surface area contributed by atoms with Gasteiger partial charge in [-0.15, -0.1) is 0 Å². The van der Waals surface area contributed by atoms with Crippen molar-refractivity contribution in [2.75, 3.05) is 25.0 Å². The van der Waals surface area contributed by atoms with Crippen LogP contribution in [0.4, 0.5) is 10.5 Å². The Hall–Kier alpha value is -2.37. The minimum atomic E-state index is -0.841. The van der Waals surface area contributed by atoms with Crippen LogP contribution in [0.1, 0.15) is 12.0 Å². The van der Waals surface area contributed by atoms with Crippen molar-refractivity contribution in [1.82, 2.24) is 10.6 Å². The molecule has 3 rings (SSSR count). The van der Waals surface area contributed by atoms with Crippen LogP contribution in [-0.2, 0) is 0 Å². The van der Waals surface area contributed by atoms with Gasteiger partial charge in [0.25, 0.3) is 0 Å². The quantitative estimate of drug-likeness (QED) is 0.698. The highest BCUT2D eigenvalue weighted by atomic mass is 16.3. The summed E-state index contributed by atoms with van der Waals surface area (Å²) in [7, 11) is 0. The molecule has 2 aromatic rings. The minimum Gasteiger partial charge on any atom is -0.387 e. The van der Waals surface area contributed by atoms with Crippen molar-refractivity contribution >= 4 is 11.7 Å². The summed E-state index contributed by atoms with van der Waals surface area (Å²) < 4.78 is 0. The molecule has 0 saturated carbocycles. The van der Waals surface area contributed by atoms with Gasteiger partial charge >= 0.3 is 6.03 Å². The number of nitrogens with one attached hydrogen (secondary N) is 3. The highest BCUT2D eigenvalue weighted by Crippen LogP contribution is 2.21. The van der Waals surface area contributed by atoms with Crippen molar-refractivity contribution in [3.8, 4) is 11.1 Å². The van der Waals surface area contributed by atoms with Gasteiger partial charge in [-0.3, -0.25) is 0 Å². The second-order valence-corrected chi connectivity index (χ2v) is 6.40. The standard InChI is InChI=1S/C19H23N3O2/c1-14-2-4-15(5-3-14)16-6-8-17(9-7-16)22-18(23)21-13-19(24)10-11-20-12-19/h2-9,20,24H,10-13H2,1H3,(H2,21,22,23). The topological polar surface area (TPSA) is 73.4 Å². The Labute approximate surface area is 142 Å². The summed E-state index contributed by atoms with van der Waals surface area (Å²) in [5.41, 5.74) is 3.36. The largest absolute Gasteiger partial charge is 0.387 e. The number of carbonyl (C=O) groups excluding carboxylic acids is 1. The molecule has 4 N–H and O–H groups in total. The molecule has 1 aliphatic rings. The van der Waals surface area contributed by atoms with E-state index >= 15 is 0 Å². The van der Waals surface area contributed by atoms with Crippen molar-refractivity contribution in [3.05, 3.63) is 54.1 Å². The molecule has 2 aromatic carbocycles. The van der Waals surface area contributed by atoms with E-state index in [-0.39, 0.29) is 12.6 Å². The molecule has 2 amide bonds. The second kappa shape index (κ2) is 7.03. The van der Waals surface area contributed by atoms with E-state index in [1.165, 1.54) is 5.56 Å². The lowest BCUT2D eigenvalue weighted by Crippen LogP contribution is -2.45. The van der Waals surface area contributed by atoms with Crippen LogP contribution >= 0.6 is 0 Å². The van der Waals surface area contributed by atoms with Crippen LogP contribution < -0.4 is 16.0 Å². The molecular formula is C19H23N3O2. The number of carbonyl (C=O) groups is 1. The molecule has 5 nitrogen and oxygen atoms in total. The fourth-order valence-corrected chi connectivity index (χ4v) is 2.79. The third-order valence-corrected chi connectivity index (χ3v) is 4.33. The third-order valence-electron chi connectivity index (χ3n) is 4.33. The van der Waals surface area contributed by atoms with Gasteiger partial charge < -0.3 is 21.1 Å². The van der Waals surface area contributed by atoms with Crippen molar-refractivity contribution < 1.29 is 9.90 Å². The highest BCUT2D eigenvalue weighted by Gasteiger charge is 2.31. The maximum Gasteiger partial charge on any atom is 0.319 e. The Morgan fingerprint density at radius 2 is 1.75 bits per heavy atom. The first-order valence-corrected chi connectivity index (χ1v) is 8.19. The number of hydrogen-bond acceptors (Lipinski definition) is 3. The fraction of sp³-hybridized carbons (Fsp3) is 0.316. The number of hydrogen-bond donors (Lipinski definition) is 4. The molecule has 1 fully saturated rings. The number of rotatable bonds is 4. The summed E-state index contributed by atoms with van der Waals surface area (Å²) in [6.45, 7) is 3.60. The maximum atomic E-state index is 12.0. The molecule has 1 atom stereocenters. The molecule has 0 spiro atoms. The SMILES string of the molecule is Cc1ccc(-c2ccc(NC(=O)NCC3(O)CCNC3)cc2)cc1. The summed E-state index contributed by atoms with van der Waals surface area (Å²) in [6.07, 6.45) is 0.651. The van der Waals surface area contributed by atoms with Crippen molar-refractivity contribution in [1.29, 1.82) is 0 Å². The number of benzene rings is 2. The fourth-order valence-electron chi connectivity index (χ4n) is 2.79. The monoisotopic (exact) mass is 325 g/mol. The first-order chi connectivity index (χ1) is 11.5. The lowest BCUT2D eigenvalue weighted by atomic mass is 10.0. The Morgan fingerprint density at radius 1 is 1.12 bits per heavy atom. The molecule has 126 valence electrons. The molecule has 1 unspecified atom stereocenters. The van der Waals surface area contributed by atoms with E-state index in [1.807, 2.05) is 24.3 Å². The molecule has 1 saturated heterocycles. The number of amides is 2. The molecule has 0 radical (unpaired) electrons. The van der Waals surface area contributed by atoms with Crippen LogP contribution in [0, 0.1) is 6.92 Å². The van der Waals surface area contributed by atoms with Gasteiger partial charge in [0, 0.05) is 18.8 Å². The van der Waals surface area contributed by atoms with E-state index in [2.05, 4.69) is 47.1 Å². The number of anilines is 1. The number of β-amino-alcohol motifs (C(OH)–C–C–N with tert-alkyl or cyclic N) is 1. The van der Waals surface area contributed by atoms with Gasteiger partial charge in [-0.1, -0.05) is 42.0 Å². The second-order valence-electron chi connectivity index (χ2n) is 6.40. The third kappa shape index (κ3) is 4.13. The van der Waals surface area contributed by atoms with Crippen molar-refractivity contribution in [2.24, 2.45) is 0 Å². The molecule has 0 bridgehead atoms. The van der Waals surface area contributed by atoms with Gasteiger partial charge in [0.15, 0.2) is 0 Å². The number of urea groups is 1. The molecule has 1 aliphatic heterocycles. The molecule has 1 heterocycles. The van der Waals surface area contributed by atoms with E-state index in [0.717, 1.165) is 23.4 Å². The normalized spacial score (nSPS) is 19.9. The zero-order valence-corrected chi connectivity index (χ0v) is 13.8. The predicted octanol–water partition coefficient (Wildman–Crippen LogP) is 2.51. The Morgan fingerprint density at radius 3 is 2.33 bits per heavy atom. The summed E-state index contributed by atoms with van der Waals surface area (Å²) in [5.74, 6) is 0. The number of aliphatic hydroxyl groups is 1. The molecule has 0 aliphatic carbocycles. The zero-order valence-electron chi connectivity index (χ0n) is 13.8. The minimum absolute atomic E-state index is 0.243. The Bertz CT molecular complexity index is 690. The lowest BCUT2D eigenvalue weighted by molar-refractivity contribution is 0.0640. The van der Waals surface area contributed by atoms with Gasteiger partial charge in [-0.25, -0.2) is 4.79 Å². The smallest absolute Gasteiger partial charge is 0.319 e. The first-order valence-electron chi connectivity index (χ1n) is 8.19. The van der Waals surface area contributed by atoms with E-state index in [4.69, 9.17) is 0 Å². The Balaban J connectivity index is 1.55. The van der Waals surface area contributed by atoms with E-state index in [9.17, 15) is 9.90 Å². The zero-order chi connectivity index (χ0) is 17.0. The van der Waals surface area contributed by atoms with Crippen molar-refractivity contribution in [2.45, 2.75) is 18.9 Å². The molecule has 24 heavy (non-hydrogen) atoms. The number of aryl methyl sites for hydroxylation is 1. The molecular weight excluding hydrogens is 302 g/mol.